The number of hydrogen-bond donors (Lipinski definition) is 6. The molecule has 0 heterocycles. The van der Waals surface area contributed by atoms with E-state index < -0.39 is 10.1 Å². The van der Waals surface area contributed by atoms with Gasteiger partial charge >= 0.3 is 0 Å². The fourth-order valence-corrected chi connectivity index (χ4v) is 3.89. The van der Waals surface area contributed by atoms with Crippen LogP contribution in [-0.2, 0) is 14.3 Å². The molecule has 0 aliphatic carbocycles. The van der Waals surface area contributed by atoms with E-state index in [9.17, 15) is 8.42 Å². The molecule has 0 saturated heterocycles. The zero-order valence-corrected chi connectivity index (χ0v) is 32.9. The summed E-state index contributed by atoms with van der Waals surface area (Å²) in [6.07, 6.45) is 4.50. The summed E-state index contributed by atoms with van der Waals surface area (Å²) in [4.78, 5) is 8.80. The van der Waals surface area contributed by atoms with Crippen molar-refractivity contribution in [3.8, 4) is 0 Å². The van der Waals surface area contributed by atoms with Gasteiger partial charge in [-0.3, -0.25) is 9.08 Å². The Bertz CT molecular complexity index is 642. The van der Waals surface area contributed by atoms with Crippen molar-refractivity contribution in [1.29, 1.82) is 0 Å². The molecule has 0 rings (SSSR count). The molecule has 0 saturated carbocycles. The van der Waals surface area contributed by atoms with E-state index in [0.29, 0.717) is 31.7 Å². The molecule has 0 fully saturated rings. The van der Waals surface area contributed by atoms with E-state index >= 15 is 0 Å². The molecule has 0 aromatic carbocycles. The largest absolute Gasteiger partial charge is 0.395 e. The molecule has 14 heteroatoms. The third kappa shape index (κ3) is 59.0. The monoisotopic (exact) mass is 693 g/mol. The summed E-state index contributed by atoms with van der Waals surface area (Å²) in [5.74, 6) is 0. The van der Waals surface area contributed by atoms with Gasteiger partial charge in [0.2, 0.25) is 0 Å². The molecule has 0 bridgehead atoms. The summed E-state index contributed by atoms with van der Waals surface area (Å²) >= 11 is 0. The molecule has 0 aliphatic rings. The number of likely N-dealkylation sites (N-methyl/N-ethyl adjacent to an activating group) is 4. The predicted molar refractivity (Wildman–Crippen MR) is 196 cm³/mol. The molecular weight excluding hydrogens is 612 g/mol. The lowest BCUT2D eigenvalue weighted by atomic mass is 10.3. The van der Waals surface area contributed by atoms with Gasteiger partial charge in [-0.1, -0.05) is 34.6 Å². The predicted octanol–water partition coefficient (Wildman–Crippen LogP) is 0.831. The van der Waals surface area contributed by atoms with E-state index in [4.69, 9.17) is 20.4 Å². The van der Waals surface area contributed by atoms with E-state index in [0.717, 1.165) is 64.9 Å². The van der Waals surface area contributed by atoms with Gasteiger partial charge in [0, 0.05) is 57.9 Å². The van der Waals surface area contributed by atoms with Crippen molar-refractivity contribution in [2.45, 2.75) is 79.8 Å². The zero-order chi connectivity index (χ0) is 36.8. The minimum Gasteiger partial charge on any atom is -0.395 e. The van der Waals surface area contributed by atoms with Crippen LogP contribution < -0.4 is 10.6 Å². The summed E-state index contributed by atoms with van der Waals surface area (Å²) in [7, 11) is 4.65. The second-order valence-electron chi connectivity index (χ2n) is 11.7. The van der Waals surface area contributed by atoms with Gasteiger partial charge in [-0.25, -0.2) is 0 Å². The Morgan fingerprint density at radius 2 is 1.07 bits per heavy atom. The standard InChI is InChI=1S/C11H26N2O.C7H17NO3S.C6H15NO.C5H13NO.C3H9NO/c1-5-6-12(4)7-8-13(9-10-14)11(2)3;1-4-5-8(2)6-7-11-12(3,9)10;1-3-4-7(2)5-6-8;1-5(2)6-3-4-7;1-4-2-3-5/h11,14H,5-10H2,1-4H3;4-7H2,1-3H3;8H,3-6H2,1-2H3;5-7H,3-4H2,1-2H3;4-5H,2-3H2,1H3. The highest BCUT2D eigenvalue weighted by molar-refractivity contribution is 7.85. The van der Waals surface area contributed by atoms with Crippen LogP contribution in [0.15, 0.2) is 0 Å². The Morgan fingerprint density at radius 1 is 0.630 bits per heavy atom. The molecule has 46 heavy (non-hydrogen) atoms. The van der Waals surface area contributed by atoms with Crippen LogP contribution in [0, 0.1) is 0 Å². The first kappa shape index (κ1) is 54.9. The van der Waals surface area contributed by atoms with Crippen molar-refractivity contribution in [1.82, 2.24) is 30.2 Å². The molecule has 0 unspecified atom stereocenters. The van der Waals surface area contributed by atoms with Crippen molar-refractivity contribution >= 4 is 10.1 Å². The number of rotatable bonds is 23. The molecule has 0 aliphatic heterocycles. The molecule has 13 nitrogen and oxygen atoms in total. The Hall–Kier alpha value is -0.490. The Balaban J connectivity index is -0.000000159. The number of hydrogen-bond acceptors (Lipinski definition) is 13. The van der Waals surface area contributed by atoms with Crippen LogP contribution in [0.2, 0.25) is 0 Å². The molecule has 6 N–H and O–H groups in total. The van der Waals surface area contributed by atoms with Crippen LogP contribution in [-0.4, -0.2) is 193 Å². The van der Waals surface area contributed by atoms with Crippen LogP contribution >= 0.6 is 0 Å². The van der Waals surface area contributed by atoms with E-state index in [2.05, 4.69) is 85.0 Å². The normalized spacial score (nSPS) is 11.2. The van der Waals surface area contributed by atoms with Gasteiger partial charge in [0.05, 0.1) is 39.3 Å². The Kier molecular flexibility index (Phi) is 50.8. The van der Waals surface area contributed by atoms with Crippen LogP contribution in [0.1, 0.15) is 67.7 Å². The SMILES string of the molecule is CC(C)NCCO.CCCN(C)CCN(CCO)C(C)C.CCCN(C)CCO.CCCN(C)CCOS(C)(=O)=O.CNCCO. The first-order valence-electron chi connectivity index (χ1n) is 17.0. The average Bonchev–Trinajstić information content (AvgIpc) is 2.96. The smallest absolute Gasteiger partial charge is 0.264 e. The van der Waals surface area contributed by atoms with E-state index in [1.165, 1.54) is 6.42 Å². The van der Waals surface area contributed by atoms with Gasteiger partial charge in [0.1, 0.15) is 0 Å². The first-order chi connectivity index (χ1) is 21.6. The fraction of sp³-hybridized carbons (Fsp3) is 1.00. The van der Waals surface area contributed by atoms with Crippen LogP contribution in [0.4, 0.5) is 0 Å². The van der Waals surface area contributed by atoms with E-state index in [-0.39, 0.29) is 33.0 Å². The van der Waals surface area contributed by atoms with Crippen molar-refractivity contribution in [3.63, 3.8) is 0 Å². The van der Waals surface area contributed by atoms with Crippen LogP contribution in [0.3, 0.4) is 0 Å². The molecule has 0 aromatic heterocycles. The number of aliphatic hydroxyl groups is 4. The quantitative estimate of drug-likeness (QED) is 0.0837. The summed E-state index contributed by atoms with van der Waals surface area (Å²) < 4.78 is 25.6. The molecule has 286 valence electrons. The lowest BCUT2D eigenvalue weighted by Gasteiger charge is -2.27. The highest BCUT2D eigenvalue weighted by atomic mass is 32.2. The van der Waals surface area contributed by atoms with Crippen molar-refractivity contribution in [2.75, 3.05) is 133 Å². The van der Waals surface area contributed by atoms with Crippen LogP contribution in [0.5, 0.6) is 0 Å². The Morgan fingerprint density at radius 3 is 1.35 bits per heavy atom. The first-order valence-corrected chi connectivity index (χ1v) is 18.8. The summed E-state index contributed by atoms with van der Waals surface area (Å²) in [5, 5.41) is 39.4. The third-order valence-electron chi connectivity index (χ3n) is 5.98. The molecule has 0 spiro atoms. The highest BCUT2D eigenvalue weighted by Crippen LogP contribution is 1.98. The minimum atomic E-state index is -3.26. The van der Waals surface area contributed by atoms with Gasteiger partial charge in [-0.15, -0.1) is 0 Å². The second kappa shape index (κ2) is 42.5. The molecular formula is C32H80N6O7S. The second-order valence-corrected chi connectivity index (χ2v) is 13.3. The molecule has 0 atom stereocenters. The molecule has 0 aromatic rings. The van der Waals surface area contributed by atoms with E-state index in [1.807, 2.05) is 19.0 Å². The minimum absolute atomic E-state index is 0.233. The fourth-order valence-electron chi connectivity index (χ4n) is 3.52. The number of nitrogens with one attached hydrogen (secondary N) is 2. The van der Waals surface area contributed by atoms with Gasteiger partial charge in [-0.05, 0) is 80.9 Å². The Labute approximate surface area is 285 Å². The molecule has 0 amide bonds. The summed E-state index contributed by atoms with van der Waals surface area (Å²) in [6.45, 7) is 25.1. The number of nitrogens with zero attached hydrogens (tertiary/aromatic N) is 4. The maximum absolute atomic E-state index is 10.5. The van der Waals surface area contributed by atoms with Gasteiger partial charge in [0.15, 0.2) is 0 Å². The lowest BCUT2D eigenvalue weighted by Crippen LogP contribution is -2.39. The molecule has 0 radical (unpaired) electrons. The highest BCUT2D eigenvalue weighted by Gasteiger charge is 2.09. The van der Waals surface area contributed by atoms with Crippen molar-refractivity contribution in [2.24, 2.45) is 0 Å². The zero-order valence-electron chi connectivity index (χ0n) is 32.1. The van der Waals surface area contributed by atoms with E-state index in [1.54, 1.807) is 7.05 Å². The topological polar surface area (TPSA) is 161 Å². The average molecular weight is 693 g/mol. The lowest BCUT2D eigenvalue weighted by molar-refractivity contribution is 0.150. The van der Waals surface area contributed by atoms with Gasteiger partial charge in [-0.2, -0.15) is 8.42 Å². The maximum Gasteiger partial charge on any atom is 0.264 e. The van der Waals surface area contributed by atoms with Crippen molar-refractivity contribution in [3.05, 3.63) is 0 Å². The summed E-state index contributed by atoms with van der Waals surface area (Å²) in [6, 6.07) is 1.02. The van der Waals surface area contributed by atoms with Gasteiger partial charge < -0.3 is 45.8 Å². The summed E-state index contributed by atoms with van der Waals surface area (Å²) in [5.41, 5.74) is 0. The van der Waals surface area contributed by atoms with Crippen LogP contribution in [0.25, 0.3) is 0 Å². The number of aliphatic hydroxyl groups excluding tert-OH is 4. The maximum atomic E-state index is 10.5. The van der Waals surface area contributed by atoms with Gasteiger partial charge in [0.25, 0.3) is 10.1 Å². The third-order valence-corrected chi connectivity index (χ3v) is 6.58. The van der Waals surface area contributed by atoms with Crippen molar-refractivity contribution < 1.29 is 33.0 Å².